The average molecular weight is 477 g/mol. The molecule has 9 heteroatoms. The summed E-state index contributed by atoms with van der Waals surface area (Å²) in [4.78, 5) is 13.2. The second kappa shape index (κ2) is 10.6. The minimum absolute atomic E-state index is 0.0931. The van der Waals surface area contributed by atoms with Crippen LogP contribution in [0.3, 0.4) is 0 Å². The molecule has 0 saturated carbocycles. The first-order valence-electron chi connectivity index (χ1n) is 9.31. The molecule has 3 aromatic rings. The number of sulfonamides is 1. The summed E-state index contributed by atoms with van der Waals surface area (Å²) in [7, 11) is -2.21. The largest absolute Gasteiger partial charge is 0.497 e. The Labute approximate surface area is 191 Å². The first-order chi connectivity index (χ1) is 14.9. The smallest absolute Gasteiger partial charge is 0.261 e. The molecule has 0 saturated heterocycles. The van der Waals surface area contributed by atoms with Gasteiger partial charge < -0.3 is 10.1 Å². The topological polar surface area (TPSA) is 84.5 Å². The lowest BCUT2D eigenvalue weighted by Gasteiger charge is -2.10. The molecule has 0 heterocycles. The molecule has 0 spiro atoms. The zero-order valence-electron chi connectivity index (χ0n) is 16.7. The van der Waals surface area contributed by atoms with Crippen LogP contribution in [0.15, 0.2) is 82.6 Å². The van der Waals surface area contributed by atoms with E-state index in [9.17, 15) is 13.2 Å². The number of carbonyl (C=O) groups excluding carboxylic acids is 1. The van der Waals surface area contributed by atoms with Crippen molar-refractivity contribution >= 4 is 50.7 Å². The Bertz CT molecular complexity index is 1130. The van der Waals surface area contributed by atoms with Gasteiger partial charge in [-0.1, -0.05) is 23.7 Å². The summed E-state index contributed by atoms with van der Waals surface area (Å²) in [5, 5.41) is 3.43. The van der Waals surface area contributed by atoms with Gasteiger partial charge in [0.25, 0.3) is 10.0 Å². The zero-order chi connectivity index (χ0) is 22.3. The molecule has 0 aliphatic carbocycles. The number of ether oxygens (including phenoxy) is 1. The van der Waals surface area contributed by atoms with Crippen LogP contribution in [0.2, 0.25) is 5.02 Å². The SMILES string of the molecule is COc1ccc(NS(=O)(=O)c2ccc(NC(=O)CCSc3ccccc3Cl)cc2)cc1. The van der Waals surface area contributed by atoms with Gasteiger partial charge in [-0.25, -0.2) is 8.42 Å². The maximum Gasteiger partial charge on any atom is 0.261 e. The van der Waals surface area contributed by atoms with Gasteiger partial charge in [0.05, 0.1) is 17.0 Å². The van der Waals surface area contributed by atoms with E-state index >= 15 is 0 Å². The van der Waals surface area contributed by atoms with Gasteiger partial charge in [-0.2, -0.15) is 0 Å². The van der Waals surface area contributed by atoms with Crippen LogP contribution in [0.25, 0.3) is 0 Å². The molecule has 1 amide bonds. The van der Waals surface area contributed by atoms with Crippen molar-refractivity contribution in [1.29, 1.82) is 0 Å². The summed E-state index contributed by atoms with van der Waals surface area (Å²) < 4.78 is 32.7. The fraction of sp³-hybridized carbons (Fsp3) is 0.136. The third-order valence-corrected chi connectivity index (χ3v) is 7.13. The molecule has 31 heavy (non-hydrogen) atoms. The van der Waals surface area contributed by atoms with E-state index < -0.39 is 10.0 Å². The van der Waals surface area contributed by atoms with Gasteiger partial charge in [-0.15, -0.1) is 11.8 Å². The van der Waals surface area contributed by atoms with Crippen molar-refractivity contribution in [1.82, 2.24) is 0 Å². The number of hydrogen-bond donors (Lipinski definition) is 2. The molecule has 0 atom stereocenters. The van der Waals surface area contributed by atoms with Crippen LogP contribution in [-0.2, 0) is 14.8 Å². The Morgan fingerprint density at radius 1 is 0.968 bits per heavy atom. The molecular formula is C22H21ClN2O4S2. The van der Waals surface area contributed by atoms with Crippen LogP contribution in [0, 0.1) is 0 Å². The Kier molecular flexibility index (Phi) is 7.84. The normalized spacial score (nSPS) is 11.0. The molecule has 0 aliphatic heterocycles. The maximum atomic E-state index is 12.5. The number of rotatable bonds is 9. The summed E-state index contributed by atoms with van der Waals surface area (Å²) in [5.74, 6) is 1.05. The number of halogens is 1. The summed E-state index contributed by atoms with van der Waals surface area (Å²) in [6, 6.07) is 20.0. The lowest BCUT2D eigenvalue weighted by Crippen LogP contribution is -2.14. The molecule has 0 radical (unpaired) electrons. The van der Waals surface area contributed by atoms with Crippen LogP contribution in [0.1, 0.15) is 6.42 Å². The molecule has 0 bridgehead atoms. The third kappa shape index (κ3) is 6.65. The van der Waals surface area contributed by atoms with E-state index in [2.05, 4.69) is 10.0 Å². The van der Waals surface area contributed by atoms with Crippen molar-refractivity contribution in [2.75, 3.05) is 22.9 Å². The molecular weight excluding hydrogens is 456 g/mol. The van der Waals surface area contributed by atoms with Crippen molar-refractivity contribution < 1.29 is 17.9 Å². The number of methoxy groups -OCH3 is 1. The first kappa shape index (κ1) is 23.0. The lowest BCUT2D eigenvalue weighted by atomic mass is 10.3. The highest BCUT2D eigenvalue weighted by atomic mass is 35.5. The molecule has 0 aliphatic rings. The highest BCUT2D eigenvalue weighted by Gasteiger charge is 2.14. The predicted molar refractivity (Wildman–Crippen MR) is 126 cm³/mol. The van der Waals surface area contributed by atoms with Crippen LogP contribution in [-0.4, -0.2) is 27.2 Å². The molecule has 2 N–H and O–H groups in total. The van der Waals surface area contributed by atoms with Gasteiger partial charge in [0.15, 0.2) is 0 Å². The second-order valence-corrected chi connectivity index (χ2v) is 9.66. The number of thioether (sulfide) groups is 1. The van der Waals surface area contributed by atoms with Gasteiger partial charge in [0.1, 0.15) is 5.75 Å². The fourth-order valence-corrected chi connectivity index (χ4v) is 4.88. The summed E-state index contributed by atoms with van der Waals surface area (Å²) >= 11 is 7.61. The van der Waals surface area contributed by atoms with Crippen molar-refractivity contribution in [2.45, 2.75) is 16.2 Å². The quantitative estimate of drug-likeness (QED) is 0.411. The zero-order valence-corrected chi connectivity index (χ0v) is 19.1. The Morgan fingerprint density at radius 3 is 2.26 bits per heavy atom. The number of benzene rings is 3. The Morgan fingerprint density at radius 2 is 1.61 bits per heavy atom. The number of nitrogens with one attached hydrogen (secondary N) is 2. The third-order valence-electron chi connectivity index (χ3n) is 4.21. The van der Waals surface area contributed by atoms with Gasteiger partial charge in [0, 0.05) is 28.4 Å². The Balaban J connectivity index is 1.53. The van der Waals surface area contributed by atoms with Gasteiger partial charge >= 0.3 is 0 Å². The van der Waals surface area contributed by atoms with Crippen LogP contribution < -0.4 is 14.8 Å². The van der Waals surface area contributed by atoms with E-state index in [0.29, 0.717) is 34.3 Å². The van der Waals surface area contributed by atoms with Gasteiger partial charge in [0.2, 0.25) is 5.91 Å². The number of hydrogen-bond acceptors (Lipinski definition) is 5. The summed E-state index contributed by atoms with van der Waals surface area (Å²) in [6.07, 6.45) is 0.301. The van der Waals surface area contributed by atoms with Crippen LogP contribution in [0.5, 0.6) is 5.75 Å². The predicted octanol–water partition coefficient (Wildman–Crippen LogP) is 5.27. The molecule has 3 rings (SSSR count). The molecule has 0 aromatic heterocycles. The molecule has 3 aromatic carbocycles. The first-order valence-corrected chi connectivity index (χ1v) is 12.2. The molecule has 0 fully saturated rings. The van der Waals surface area contributed by atoms with Gasteiger partial charge in [-0.3, -0.25) is 9.52 Å². The van der Waals surface area contributed by atoms with Crippen molar-refractivity contribution in [2.24, 2.45) is 0 Å². The van der Waals surface area contributed by atoms with Crippen molar-refractivity contribution in [3.8, 4) is 5.75 Å². The van der Waals surface area contributed by atoms with E-state index in [1.807, 2.05) is 24.3 Å². The highest BCUT2D eigenvalue weighted by molar-refractivity contribution is 7.99. The minimum atomic E-state index is -3.75. The van der Waals surface area contributed by atoms with Crippen molar-refractivity contribution in [3.63, 3.8) is 0 Å². The monoisotopic (exact) mass is 476 g/mol. The van der Waals surface area contributed by atoms with Crippen LogP contribution in [0.4, 0.5) is 11.4 Å². The molecule has 6 nitrogen and oxygen atoms in total. The lowest BCUT2D eigenvalue weighted by molar-refractivity contribution is -0.115. The summed E-state index contributed by atoms with van der Waals surface area (Å²) in [6.45, 7) is 0. The Hall–Kier alpha value is -2.68. The van der Waals surface area contributed by atoms with Gasteiger partial charge in [-0.05, 0) is 60.7 Å². The highest BCUT2D eigenvalue weighted by Crippen LogP contribution is 2.27. The number of amides is 1. The van der Waals surface area contributed by atoms with E-state index in [1.165, 1.54) is 31.0 Å². The maximum absolute atomic E-state index is 12.5. The summed E-state index contributed by atoms with van der Waals surface area (Å²) in [5.41, 5.74) is 0.949. The van der Waals surface area contributed by atoms with Crippen LogP contribution >= 0.6 is 23.4 Å². The van der Waals surface area contributed by atoms with E-state index in [1.54, 1.807) is 36.4 Å². The number of anilines is 2. The van der Waals surface area contributed by atoms with E-state index in [0.717, 1.165) is 4.90 Å². The molecule has 0 unspecified atom stereocenters. The standard InChI is InChI=1S/C22H21ClN2O4S2/c1-29-18-10-6-17(7-11-18)25-31(27,28)19-12-8-16(9-13-19)24-22(26)14-15-30-21-5-3-2-4-20(21)23/h2-13,25H,14-15H2,1H3,(H,24,26). The minimum Gasteiger partial charge on any atom is -0.497 e. The number of carbonyl (C=O) groups is 1. The van der Waals surface area contributed by atoms with Crippen molar-refractivity contribution in [3.05, 3.63) is 77.8 Å². The van der Waals surface area contributed by atoms with E-state index in [4.69, 9.17) is 16.3 Å². The fourth-order valence-electron chi connectivity index (χ4n) is 2.63. The molecule has 162 valence electrons. The van der Waals surface area contributed by atoms with E-state index in [-0.39, 0.29) is 10.8 Å². The second-order valence-electron chi connectivity index (χ2n) is 6.44. The average Bonchev–Trinajstić information content (AvgIpc) is 2.76.